The van der Waals surface area contributed by atoms with Crippen molar-refractivity contribution in [1.29, 1.82) is 0 Å². The summed E-state index contributed by atoms with van der Waals surface area (Å²) in [5.74, 6) is -0.322. The lowest BCUT2D eigenvalue weighted by molar-refractivity contribution is -0.138. The first kappa shape index (κ1) is 17.6. The molecule has 104 valence electrons. The lowest BCUT2D eigenvalue weighted by atomic mass is 10.4. The van der Waals surface area contributed by atoms with Crippen molar-refractivity contribution in [2.24, 2.45) is 0 Å². The number of aliphatic hydroxyl groups excluding tert-OH is 1. The zero-order chi connectivity index (χ0) is 14.0. The Labute approximate surface area is 113 Å². The monoisotopic (exact) mass is 288 g/mol. The number of hydrogen-bond acceptors (Lipinski definition) is 4. The van der Waals surface area contributed by atoms with Crippen LogP contribution in [-0.2, 0) is 13.6 Å². The Hall–Kier alpha value is -0.436. The fourth-order valence-corrected chi connectivity index (χ4v) is 4.91. The molecule has 4 nitrogen and oxygen atoms in total. The van der Waals surface area contributed by atoms with Gasteiger partial charge in [-0.15, -0.1) is 0 Å². The van der Waals surface area contributed by atoms with Crippen molar-refractivity contribution >= 4 is 24.0 Å². The normalized spacial score (nSPS) is 11.3. The molecule has 0 rings (SSSR count). The van der Waals surface area contributed by atoms with Gasteiger partial charge < -0.3 is 14.0 Å². The summed E-state index contributed by atoms with van der Waals surface area (Å²) in [4.78, 5) is 11.1. The van der Waals surface area contributed by atoms with Gasteiger partial charge in [0.15, 0.2) is 8.32 Å². The van der Waals surface area contributed by atoms with Crippen molar-refractivity contribution < 1.29 is 18.8 Å². The van der Waals surface area contributed by atoms with Gasteiger partial charge in [0, 0.05) is 12.2 Å². The molecule has 0 fully saturated rings. The van der Waals surface area contributed by atoms with E-state index in [0.29, 0.717) is 21.9 Å². The Morgan fingerprint density at radius 3 is 2.61 bits per heavy atom. The molecule has 0 amide bonds. The standard InChI is InChI=1S/C12H24O4Si2/c1-11(2)12(14)15-8-6-9-17-16-18(3,4)10-5-7-13/h13H,1,5-10H2,2-4H3. The van der Waals surface area contributed by atoms with Crippen molar-refractivity contribution in [2.75, 3.05) is 13.2 Å². The highest BCUT2D eigenvalue weighted by Crippen LogP contribution is 2.13. The number of ether oxygens (including phenoxy) is 1. The zero-order valence-electron chi connectivity index (χ0n) is 11.6. The van der Waals surface area contributed by atoms with Crippen molar-refractivity contribution in [3.63, 3.8) is 0 Å². The Morgan fingerprint density at radius 2 is 2.06 bits per heavy atom. The average molecular weight is 288 g/mol. The first-order valence-corrected chi connectivity index (χ1v) is 10.5. The third kappa shape index (κ3) is 9.58. The van der Waals surface area contributed by atoms with Crippen LogP contribution in [0.2, 0.25) is 25.2 Å². The van der Waals surface area contributed by atoms with E-state index >= 15 is 0 Å². The number of aliphatic hydroxyl groups is 1. The Balaban J connectivity index is 3.50. The predicted octanol–water partition coefficient (Wildman–Crippen LogP) is 2.14. The van der Waals surface area contributed by atoms with E-state index in [1.54, 1.807) is 6.92 Å². The quantitative estimate of drug-likeness (QED) is 0.290. The minimum Gasteiger partial charge on any atom is -0.462 e. The van der Waals surface area contributed by atoms with E-state index in [1.807, 2.05) is 0 Å². The van der Waals surface area contributed by atoms with Crippen LogP contribution in [0.4, 0.5) is 0 Å². The van der Waals surface area contributed by atoms with Crippen LogP contribution in [0.25, 0.3) is 0 Å². The summed E-state index contributed by atoms with van der Waals surface area (Å²) in [6.07, 6.45) is 1.64. The van der Waals surface area contributed by atoms with Crippen LogP contribution in [0, 0.1) is 0 Å². The molecule has 0 aromatic carbocycles. The average Bonchev–Trinajstić information content (AvgIpc) is 2.30. The maximum atomic E-state index is 11.1. The lowest BCUT2D eigenvalue weighted by Crippen LogP contribution is -2.32. The molecule has 0 saturated carbocycles. The van der Waals surface area contributed by atoms with Gasteiger partial charge in [-0.1, -0.05) is 6.58 Å². The Morgan fingerprint density at radius 1 is 1.39 bits per heavy atom. The first-order chi connectivity index (χ1) is 8.39. The van der Waals surface area contributed by atoms with Crippen LogP contribution >= 0.6 is 0 Å². The van der Waals surface area contributed by atoms with Gasteiger partial charge in [-0.25, -0.2) is 4.79 Å². The Kier molecular flexibility index (Phi) is 9.26. The topological polar surface area (TPSA) is 55.8 Å². The molecule has 0 heterocycles. The van der Waals surface area contributed by atoms with Crippen LogP contribution in [0.15, 0.2) is 12.2 Å². The number of carbonyl (C=O) groups is 1. The lowest BCUT2D eigenvalue weighted by Gasteiger charge is -2.22. The largest absolute Gasteiger partial charge is 0.462 e. The van der Waals surface area contributed by atoms with Crippen molar-refractivity contribution in [3.05, 3.63) is 12.2 Å². The van der Waals surface area contributed by atoms with E-state index in [4.69, 9.17) is 14.0 Å². The second-order valence-electron chi connectivity index (χ2n) is 4.85. The van der Waals surface area contributed by atoms with E-state index in [9.17, 15) is 4.79 Å². The van der Waals surface area contributed by atoms with Gasteiger partial charge in [-0.05, 0) is 44.9 Å². The van der Waals surface area contributed by atoms with E-state index in [0.717, 1.165) is 24.9 Å². The second kappa shape index (κ2) is 9.49. The summed E-state index contributed by atoms with van der Waals surface area (Å²) in [6, 6.07) is 1.90. The molecular weight excluding hydrogens is 264 g/mol. The minimum absolute atomic E-state index is 0.236. The van der Waals surface area contributed by atoms with Gasteiger partial charge >= 0.3 is 5.97 Å². The van der Waals surface area contributed by atoms with Crippen molar-refractivity contribution in [1.82, 2.24) is 0 Å². The summed E-state index contributed by atoms with van der Waals surface area (Å²) in [7, 11) is -1.13. The summed E-state index contributed by atoms with van der Waals surface area (Å²) in [5.41, 5.74) is 0.436. The minimum atomic E-state index is -1.59. The highest BCUT2D eigenvalue weighted by Gasteiger charge is 2.21. The van der Waals surface area contributed by atoms with E-state index in [2.05, 4.69) is 19.7 Å². The molecule has 0 spiro atoms. The molecule has 1 N–H and O–H groups in total. The SMILES string of the molecule is C=C(C)C(=O)OCCC[Si]O[Si](C)(C)CCCO. The molecule has 0 bridgehead atoms. The van der Waals surface area contributed by atoms with Gasteiger partial charge in [0.05, 0.1) is 6.61 Å². The first-order valence-electron chi connectivity index (χ1n) is 6.23. The van der Waals surface area contributed by atoms with Crippen LogP contribution in [0.1, 0.15) is 19.8 Å². The zero-order valence-corrected chi connectivity index (χ0v) is 13.6. The van der Waals surface area contributed by atoms with Gasteiger partial charge in [-0.3, -0.25) is 0 Å². The van der Waals surface area contributed by atoms with Crippen LogP contribution in [0.5, 0.6) is 0 Å². The molecule has 0 aromatic heterocycles. The number of hydrogen-bond donors (Lipinski definition) is 1. The summed E-state index contributed by atoms with van der Waals surface area (Å²) >= 11 is 0. The molecule has 6 heteroatoms. The van der Waals surface area contributed by atoms with Crippen LogP contribution in [0.3, 0.4) is 0 Å². The Bertz CT molecular complexity index is 267. The van der Waals surface area contributed by atoms with Gasteiger partial charge in [0.25, 0.3) is 0 Å². The van der Waals surface area contributed by atoms with Crippen molar-refractivity contribution in [3.8, 4) is 0 Å². The highest BCUT2D eigenvalue weighted by molar-refractivity contribution is 6.75. The smallest absolute Gasteiger partial charge is 0.333 e. The molecule has 2 radical (unpaired) electrons. The maximum Gasteiger partial charge on any atom is 0.333 e. The highest BCUT2D eigenvalue weighted by atomic mass is 28.4. The molecule has 0 aliphatic carbocycles. The fraction of sp³-hybridized carbons (Fsp3) is 0.750. The number of esters is 1. The summed E-state index contributed by atoms with van der Waals surface area (Å²) in [5, 5.41) is 8.78. The van der Waals surface area contributed by atoms with Crippen LogP contribution < -0.4 is 0 Å². The molecule has 0 saturated heterocycles. The van der Waals surface area contributed by atoms with E-state index < -0.39 is 8.32 Å². The second-order valence-corrected chi connectivity index (χ2v) is 10.5. The fourth-order valence-electron chi connectivity index (χ4n) is 1.23. The van der Waals surface area contributed by atoms with Gasteiger partial charge in [0.2, 0.25) is 9.76 Å². The third-order valence-electron chi connectivity index (χ3n) is 2.29. The molecule has 0 unspecified atom stereocenters. The third-order valence-corrected chi connectivity index (χ3v) is 7.19. The predicted molar refractivity (Wildman–Crippen MR) is 76.0 cm³/mol. The molecule has 0 atom stereocenters. The summed E-state index contributed by atoms with van der Waals surface area (Å²) in [6.45, 7) is 10.2. The van der Waals surface area contributed by atoms with Gasteiger partial charge in [0.1, 0.15) is 0 Å². The number of carbonyl (C=O) groups excluding carboxylic acids is 1. The molecule has 0 aliphatic heterocycles. The maximum absolute atomic E-state index is 11.1. The van der Waals surface area contributed by atoms with Crippen LogP contribution in [-0.4, -0.2) is 42.4 Å². The van der Waals surface area contributed by atoms with E-state index in [1.165, 1.54) is 0 Å². The number of rotatable bonds is 10. The van der Waals surface area contributed by atoms with Gasteiger partial charge in [-0.2, -0.15) is 0 Å². The molecular formula is C12H24O4Si2. The molecule has 18 heavy (non-hydrogen) atoms. The molecule has 0 aromatic rings. The van der Waals surface area contributed by atoms with Crippen molar-refractivity contribution in [2.45, 2.75) is 44.9 Å². The summed E-state index contributed by atoms with van der Waals surface area (Å²) < 4.78 is 10.9. The molecule has 0 aliphatic rings. The van der Waals surface area contributed by atoms with E-state index in [-0.39, 0.29) is 12.6 Å².